The number of halogens is 1. The third-order valence-electron chi connectivity index (χ3n) is 2.80. The minimum absolute atomic E-state index is 0.314. The summed E-state index contributed by atoms with van der Waals surface area (Å²) >= 11 is 5.85. The molecule has 0 spiro atoms. The number of urea groups is 1. The van der Waals surface area contributed by atoms with E-state index in [9.17, 15) is 4.79 Å². The topological polar surface area (TPSA) is 59.6 Å². The highest BCUT2D eigenvalue weighted by atomic mass is 35.5. The monoisotopic (exact) mass is 320 g/mol. The second kappa shape index (κ2) is 8.14. The Morgan fingerprint density at radius 1 is 1.14 bits per heavy atom. The lowest BCUT2D eigenvalue weighted by Crippen LogP contribution is -2.32. The number of anilines is 1. The first-order chi connectivity index (χ1) is 10.7. The number of amides is 2. The predicted octanol–water partition coefficient (Wildman–Crippen LogP) is 3.55. The van der Waals surface area contributed by atoms with Gasteiger partial charge < -0.3 is 20.1 Å². The van der Waals surface area contributed by atoms with Gasteiger partial charge in [-0.3, -0.25) is 0 Å². The molecule has 2 aromatic rings. The Labute approximate surface area is 134 Å². The number of carbonyl (C=O) groups excluding carboxylic acids is 1. The van der Waals surface area contributed by atoms with Gasteiger partial charge in [-0.1, -0.05) is 29.8 Å². The zero-order valence-electron chi connectivity index (χ0n) is 12.1. The van der Waals surface area contributed by atoms with E-state index in [4.69, 9.17) is 21.1 Å². The van der Waals surface area contributed by atoms with Gasteiger partial charge in [0.1, 0.15) is 6.61 Å². The second-order valence-electron chi connectivity index (χ2n) is 4.39. The van der Waals surface area contributed by atoms with Gasteiger partial charge in [-0.2, -0.15) is 0 Å². The highest BCUT2D eigenvalue weighted by Crippen LogP contribution is 2.25. The summed E-state index contributed by atoms with van der Waals surface area (Å²) in [5, 5.41) is 5.96. The van der Waals surface area contributed by atoms with Gasteiger partial charge in [0.2, 0.25) is 0 Å². The molecule has 0 bridgehead atoms. The molecule has 0 saturated carbocycles. The highest BCUT2D eigenvalue weighted by Gasteiger charge is 2.04. The number of rotatable bonds is 6. The van der Waals surface area contributed by atoms with Crippen molar-refractivity contribution in [1.29, 1.82) is 0 Å². The van der Waals surface area contributed by atoms with Gasteiger partial charge in [-0.05, 0) is 30.3 Å². The Hall–Kier alpha value is -2.40. The molecular formula is C16H17ClN2O3. The van der Waals surface area contributed by atoms with E-state index in [0.29, 0.717) is 35.4 Å². The number of hydrogen-bond donors (Lipinski definition) is 2. The van der Waals surface area contributed by atoms with E-state index in [0.717, 1.165) is 0 Å². The normalized spacial score (nSPS) is 9.91. The summed E-state index contributed by atoms with van der Waals surface area (Å²) in [5.74, 6) is 1.30. The Bertz CT molecular complexity index is 634. The van der Waals surface area contributed by atoms with Crippen LogP contribution in [0.15, 0.2) is 48.5 Å². The standard InChI is InChI=1S/C16H17ClN2O3/c1-21-14-7-2-3-8-15(14)22-10-9-18-16(20)19-13-6-4-5-12(17)11-13/h2-8,11H,9-10H2,1H3,(H2,18,19,20). The Kier molecular flexibility index (Phi) is 5.91. The first-order valence-corrected chi connectivity index (χ1v) is 7.13. The molecule has 0 unspecified atom stereocenters. The number of ether oxygens (including phenoxy) is 2. The number of carbonyl (C=O) groups is 1. The Morgan fingerprint density at radius 3 is 2.64 bits per heavy atom. The first kappa shape index (κ1) is 16.0. The molecule has 6 heteroatoms. The lowest BCUT2D eigenvalue weighted by molar-refractivity contribution is 0.246. The summed E-state index contributed by atoms with van der Waals surface area (Å²) in [5.41, 5.74) is 0.635. The van der Waals surface area contributed by atoms with Crippen molar-refractivity contribution in [3.05, 3.63) is 53.6 Å². The van der Waals surface area contributed by atoms with E-state index >= 15 is 0 Å². The van der Waals surface area contributed by atoms with Gasteiger partial charge >= 0.3 is 6.03 Å². The van der Waals surface area contributed by atoms with Gasteiger partial charge in [0.25, 0.3) is 0 Å². The van der Waals surface area contributed by atoms with Crippen LogP contribution in [0.3, 0.4) is 0 Å². The van der Waals surface area contributed by atoms with E-state index in [2.05, 4.69) is 10.6 Å². The van der Waals surface area contributed by atoms with Crippen LogP contribution in [-0.4, -0.2) is 26.3 Å². The Morgan fingerprint density at radius 2 is 1.91 bits per heavy atom. The molecule has 5 nitrogen and oxygen atoms in total. The van der Waals surface area contributed by atoms with E-state index in [1.165, 1.54) is 0 Å². The van der Waals surface area contributed by atoms with Crippen LogP contribution in [0, 0.1) is 0 Å². The molecule has 2 aromatic carbocycles. The van der Waals surface area contributed by atoms with Crippen molar-refractivity contribution in [2.45, 2.75) is 0 Å². The van der Waals surface area contributed by atoms with Crippen LogP contribution in [0.1, 0.15) is 0 Å². The summed E-state index contributed by atoms with van der Waals surface area (Å²) in [7, 11) is 1.58. The molecule has 0 heterocycles. The van der Waals surface area contributed by atoms with Crippen molar-refractivity contribution in [3.8, 4) is 11.5 Å². The van der Waals surface area contributed by atoms with Gasteiger partial charge in [-0.25, -0.2) is 4.79 Å². The molecule has 0 aliphatic carbocycles. The molecule has 2 N–H and O–H groups in total. The lowest BCUT2D eigenvalue weighted by Gasteiger charge is -2.11. The third-order valence-corrected chi connectivity index (χ3v) is 3.03. The van der Waals surface area contributed by atoms with Crippen molar-refractivity contribution >= 4 is 23.3 Å². The van der Waals surface area contributed by atoms with E-state index in [-0.39, 0.29) is 6.03 Å². The summed E-state index contributed by atoms with van der Waals surface area (Å²) in [6, 6.07) is 14.0. The maximum Gasteiger partial charge on any atom is 0.319 e. The van der Waals surface area contributed by atoms with Crippen LogP contribution < -0.4 is 20.1 Å². The lowest BCUT2D eigenvalue weighted by atomic mass is 10.3. The van der Waals surface area contributed by atoms with Gasteiger partial charge in [0.05, 0.1) is 13.7 Å². The zero-order chi connectivity index (χ0) is 15.8. The van der Waals surface area contributed by atoms with Gasteiger partial charge in [0.15, 0.2) is 11.5 Å². The SMILES string of the molecule is COc1ccccc1OCCNC(=O)Nc1cccc(Cl)c1. The molecule has 2 amide bonds. The molecule has 0 aliphatic heterocycles. The molecule has 2 rings (SSSR count). The predicted molar refractivity (Wildman–Crippen MR) is 87.0 cm³/mol. The van der Waals surface area contributed by atoms with Gasteiger partial charge in [0, 0.05) is 10.7 Å². The maximum atomic E-state index is 11.7. The van der Waals surface area contributed by atoms with Crippen LogP contribution in [0.25, 0.3) is 0 Å². The molecule has 0 atom stereocenters. The molecule has 0 radical (unpaired) electrons. The Balaban J connectivity index is 1.73. The largest absolute Gasteiger partial charge is 0.493 e. The summed E-state index contributed by atoms with van der Waals surface area (Å²) in [6.07, 6.45) is 0. The second-order valence-corrected chi connectivity index (χ2v) is 4.83. The van der Waals surface area contributed by atoms with Crippen LogP contribution in [0.5, 0.6) is 11.5 Å². The molecule has 116 valence electrons. The maximum absolute atomic E-state index is 11.7. The minimum atomic E-state index is -0.314. The molecule has 0 fully saturated rings. The number of nitrogens with one attached hydrogen (secondary N) is 2. The van der Waals surface area contributed by atoms with Crippen molar-refractivity contribution in [2.75, 3.05) is 25.6 Å². The molecular weight excluding hydrogens is 304 g/mol. The average Bonchev–Trinajstić information content (AvgIpc) is 2.52. The van der Waals surface area contributed by atoms with Crippen molar-refractivity contribution in [1.82, 2.24) is 5.32 Å². The molecule has 0 aliphatic rings. The summed E-state index contributed by atoms with van der Waals surface area (Å²) in [4.78, 5) is 11.7. The third kappa shape index (κ3) is 4.86. The number of methoxy groups -OCH3 is 1. The fourth-order valence-corrected chi connectivity index (χ4v) is 2.00. The van der Waals surface area contributed by atoms with Crippen molar-refractivity contribution < 1.29 is 14.3 Å². The zero-order valence-corrected chi connectivity index (χ0v) is 12.9. The molecule has 0 saturated heterocycles. The van der Waals surface area contributed by atoms with Crippen molar-refractivity contribution in [3.63, 3.8) is 0 Å². The van der Waals surface area contributed by atoms with Crippen LogP contribution in [0.2, 0.25) is 5.02 Å². The minimum Gasteiger partial charge on any atom is -0.493 e. The van der Waals surface area contributed by atoms with E-state index < -0.39 is 0 Å². The number of hydrogen-bond acceptors (Lipinski definition) is 3. The number of para-hydroxylation sites is 2. The fraction of sp³-hybridized carbons (Fsp3) is 0.188. The van der Waals surface area contributed by atoms with E-state index in [1.807, 2.05) is 24.3 Å². The summed E-state index contributed by atoms with van der Waals surface area (Å²) in [6.45, 7) is 0.702. The quantitative estimate of drug-likeness (QED) is 0.800. The summed E-state index contributed by atoms with van der Waals surface area (Å²) < 4.78 is 10.7. The van der Waals surface area contributed by atoms with E-state index in [1.54, 1.807) is 31.4 Å². The van der Waals surface area contributed by atoms with Crippen molar-refractivity contribution in [2.24, 2.45) is 0 Å². The van der Waals surface area contributed by atoms with Crippen LogP contribution in [0.4, 0.5) is 10.5 Å². The highest BCUT2D eigenvalue weighted by molar-refractivity contribution is 6.30. The van der Waals surface area contributed by atoms with Crippen LogP contribution in [-0.2, 0) is 0 Å². The fourth-order valence-electron chi connectivity index (χ4n) is 1.81. The average molecular weight is 321 g/mol. The van der Waals surface area contributed by atoms with Gasteiger partial charge in [-0.15, -0.1) is 0 Å². The smallest absolute Gasteiger partial charge is 0.319 e. The molecule has 0 aromatic heterocycles. The number of benzene rings is 2. The molecule has 22 heavy (non-hydrogen) atoms. The van der Waals surface area contributed by atoms with Crippen LogP contribution >= 0.6 is 11.6 Å². The first-order valence-electron chi connectivity index (χ1n) is 6.75.